The summed E-state index contributed by atoms with van der Waals surface area (Å²) in [6.45, 7) is 12.2. The monoisotopic (exact) mass is 401 g/mol. The molecule has 0 aliphatic carbocycles. The van der Waals surface area contributed by atoms with Gasteiger partial charge in [-0.05, 0) is 61.8 Å². The molecule has 1 heterocycles. The van der Waals surface area contributed by atoms with E-state index in [1.54, 1.807) is 0 Å². The number of hydrogen-bond acceptors (Lipinski definition) is 2. The highest BCUT2D eigenvalue weighted by Crippen LogP contribution is 2.24. The second kappa shape index (κ2) is 11.9. The Kier molecular flexibility index (Phi) is 9.30. The van der Waals surface area contributed by atoms with Crippen LogP contribution in [0.1, 0.15) is 37.7 Å². The van der Waals surface area contributed by atoms with Crippen LogP contribution in [-0.2, 0) is 6.54 Å². The maximum Gasteiger partial charge on any atom is 0.107 e. The second-order valence-corrected chi connectivity index (χ2v) is 6.95. The van der Waals surface area contributed by atoms with Crippen molar-refractivity contribution in [2.75, 3.05) is 13.6 Å². The summed E-state index contributed by atoms with van der Waals surface area (Å²) < 4.78 is 2.28. The highest BCUT2D eigenvalue weighted by molar-refractivity contribution is 5.76. The van der Waals surface area contributed by atoms with Crippen LogP contribution >= 0.6 is 0 Å². The average molecular weight is 402 g/mol. The topological polar surface area (TPSA) is 29.9 Å². The van der Waals surface area contributed by atoms with Gasteiger partial charge in [-0.15, -0.1) is 0 Å². The van der Waals surface area contributed by atoms with Crippen LogP contribution in [0, 0.1) is 13.8 Å². The quantitative estimate of drug-likeness (QED) is 0.416. The molecule has 0 bridgehead atoms. The SMILES string of the molecule is CC.CCNC.Cc1ccccc1-c1ccc(Cn2c(C)nc3ccccc32)cc1. The van der Waals surface area contributed by atoms with Crippen molar-refractivity contribution >= 4 is 11.0 Å². The summed E-state index contributed by atoms with van der Waals surface area (Å²) in [7, 11) is 1.93. The summed E-state index contributed by atoms with van der Waals surface area (Å²) in [6, 6.07) is 25.7. The Bertz CT molecular complexity index is 1030. The minimum absolute atomic E-state index is 0.848. The van der Waals surface area contributed by atoms with Gasteiger partial charge in [-0.3, -0.25) is 0 Å². The lowest BCUT2D eigenvalue weighted by molar-refractivity contribution is 0.786. The second-order valence-electron chi connectivity index (χ2n) is 6.95. The zero-order chi connectivity index (χ0) is 21.9. The first-order chi connectivity index (χ1) is 14.6. The molecule has 0 radical (unpaired) electrons. The predicted octanol–water partition coefficient (Wildman–Crippen LogP) is 6.62. The molecule has 0 atom stereocenters. The lowest BCUT2D eigenvalue weighted by atomic mass is 9.99. The highest BCUT2D eigenvalue weighted by atomic mass is 15.1. The van der Waals surface area contributed by atoms with E-state index in [-0.39, 0.29) is 0 Å². The number of nitrogens with one attached hydrogen (secondary N) is 1. The maximum absolute atomic E-state index is 4.65. The molecule has 3 heteroatoms. The predicted molar refractivity (Wildman–Crippen MR) is 131 cm³/mol. The van der Waals surface area contributed by atoms with E-state index < -0.39 is 0 Å². The van der Waals surface area contributed by atoms with E-state index in [0.29, 0.717) is 0 Å². The third-order valence-corrected chi connectivity index (χ3v) is 4.95. The minimum atomic E-state index is 0.848. The van der Waals surface area contributed by atoms with Crippen LogP contribution in [0.5, 0.6) is 0 Å². The van der Waals surface area contributed by atoms with Crippen molar-refractivity contribution < 1.29 is 0 Å². The van der Waals surface area contributed by atoms with Crippen molar-refractivity contribution in [1.82, 2.24) is 14.9 Å². The van der Waals surface area contributed by atoms with Crippen LogP contribution in [0.25, 0.3) is 22.2 Å². The van der Waals surface area contributed by atoms with Crippen LogP contribution in [-0.4, -0.2) is 23.1 Å². The summed E-state index contributed by atoms with van der Waals surface area (Å²) in [5.41, 5.74) is 7.42. The lowest BCUT2D eigenvalue weighted by Crippen LogP contribution is -2.01. The Hall–Kier alpha value is -2.91. The van der Waals surface area contributed by atoms with Crippen molar-refractivity contribution in [3.05, 3.63) is 89.7 Å². The summed E-state index contributed by atoms with van der Waals surface area (Å²) in [4.78, 5) is 4.65. The van der Waals surface area contributed by atoms with E-state index >= 15 is 0 Å². The molecule has 0 spiro atoms. The normalized spacial score (nSPS) is 10.1. The van der Waals surface area contributed by atoms with E-state index in [9.17, 15) is 0 Å². The fourth-order valence-electron chi connectivity index (χ4n) is 3.26. The van der Waals surface area contributed by atoms with Gasteiger partial charge in [0.05, 0.1) is 11.0 Å². The van der Waals surface area contributed by atoms with Gasteiger partial charge < -0.3 is 9.88 Å². The largest absolute Gasteiger partial charge is 0.324 e. The zero-order valence-corrected chi connectivity index (χ0v) is 19.2. The van der Waals surface area contributed by atoms with Gasteiger partial charge in [0.1, 0.15) is 5.82 Å². The molecule has 4 aromatic rings. The lowest BCUT2D eigenvalue weighted by Gasteiger charge is -2.09. The van der Waals surface area contributed by atoms with Crippen LogP contribution in [0.2, 0.25) is 0 Å². The van der Waals surface area contributed by atoms with Gasteiger partial charge >= 0.3 is 0 Å². The number of hydrogen-bond donors (Lipinski definition) is 1. The molecule has 3 nitrogen and oxygen atoms in total. The molecule has 0 aliphatic rings. The fourth-order valence-corrected chi connectivity index (χ4v) is 3.26. The van der Waals surface area contributed by atoms with E-state index in [0.717, 1.165) is 24.4 Å². The van der Waals surface area contributed by atoms with Crippen molar-refractivity contribution in [2.45, 2.75) is 41.2 Å². The third-order valence-electron chi connectivity index (χ3n) is 4.95. The van der Waals surface area contributed by atoms with Gasteiger partial charge in [0, 0.05) is 6.54 Å². The summed E-state index contributed by atoms with van der Waals surface area (Å²) in [5, 5.41) is 2.93. The first-order valence-corrected chi connectivity index (χ1v) is 10.9. The van der Waals surface area contributed by atoms with Gasteiger partial charge in [0.25, 0.3) is 0 Å². The molecule has 158 valence electrons. The number of fused-ring (bicyclic) bond motifs is 1. The molecule has 0 aliphatic heterocycles. The van der Waals surface area contributed by atoms with Crippen LogP contribution < -0.4 is 5.32 Å². The van der Waals surface area contributed by atoms with Crippen LogP contribution in [0.3, 0.4) is 0 Å². The van der Waals surface area contributed by atoms with E-state index in [2.05, 4.69) is 102 Å². The molecule has 0 saturated carbocycles. The molecule has 0 fully saturated rings. The van der Waals surface area contributed by atoms with Crippen LogP contribution in [0.15, 0.2) is 72.8 Å². The number of aromatic nitrogens is 2. The molecule has 0 amide bonds. The number of para-hydroxylation sites is 2. The van der Waals surface area contributed by atoms with Gasteiger partial charge in [-0.2, -0.15) is 0 Å². The maximum atomic E-state index is 4.65. The molecule has 4 rings (SSSR count). The number of rotatable bonds is 4. The number of nitrogens with zero attached hydrogens (tertiary/aromatic N) is 2. The summed E-state index contributed by atoms with van der Waals surface area (Å²) in [6.07, 6.45) is 0. The van der Waals surface area contributed by atoms with Gasteiger partial charge in [0.2, 0.25) is 0 Å². The smallest absolute Gasteiger partial charge is 0.107 e. The molecule has 0 unspecified atom stereocenters. The molecule has 1 N–H and O–H groups in total. The van der Waals surface area contributed by atoms with Crippen LogP contribution in [0.4, 0.5) is 0 Å². The Labute approximate surface area is 181 Å². The van der Waals surface area contributed by atoms with Crippen molar-refractivity contribution in [3.63, 3.8) is 0 Å². The summed E-state index contributed by atoms with van der Waals surface area (Å²) >= 11 is 0. The first-order valence-electron chi connectivity index (χ1n) is 10.9. The van der Waals surface area contributed by atoms with Gasteiger partial charge in [-0.1, -0.05) is 81.4 Å². The van der Waals surface area contributed by atoms with E-state index in [1.165, 1.54) is 27.8 Å². The van der Waals surface area contributed by atoms with Crippen molar-refractivity contribution in [2.24, 2.45) is 0 Å². The molecule has 1 aromatic heterocycles. The number of imidazole rings is 1. The first kappa shape index (κ1) is 23.4. The third kappa shape index (κ3) is 5.80. The number of aryl methyl sites for hydroxylation is 2. The Morgan fingerprint density at radius 3 is 2.07 bits per heavy atom. The molecule has 3 aromatic carbocycles. The van der Waals surface area contributed by atoms with Gasteiger partial charge in [-0.25, -0.2) is 4.98 Å². The van der Waals surface area contributed by atoms with Crippen molar-refractivity contribution in [1.29, 1.82) is 0 Å². The number of benzene rings is 3. The molecule has 0 saturated heterocycles. The molecular weight excluding hydrogens is 366 g/mol. The average Bonchev–Trinajstić information content (AvgIpc) is 3.11. The zero-order valence-electron chi connectivity index (χ0n) is 19.2. The Balaban J connectivity index is 0.000000481. The summed E-state index contributed by atoms with van der Waals surface area (Å²) in [5.74, 6) is 1.05. The van der Waals surface area contributed by atoms with Crippen molar-refractivity contribution in [3.8, 4) is 11.1 Å². The minimum Gasteiger partial charge on any atom is -0.324 e. The fraction of sp³-hybridized carbons (Fsp3) is 0.296. The molecule has 30 heavy (non-hydrogen) atoms. The highest BCUT2D eigenvalue weighted by Gasteiger charge is 2.07. The standard InChI is InChI=1S/C22H20N2.C3H9N.C2H6/c1-16-7-3-4-8-20(16)19-13-11-18(12-14-19)15-24-17(2)23-21-9-5-6-10-22(21)24;1-3-4-2;1-2/h3-14H,15H2,1-2H3;4H,3H2,1-2H3;1-2H3. The van der Waals surface area contributed by atoms with E-state index in [4.69, 9.17) is 0 Å². The Morgan fingerprint density at radius 1 is 0.833 bits per heavy atom. The van der Waals surface area contributed by atoms with E-state index in [1.807, 2.05) is 27.0 Å². The van der Waals surface area contributed by atoms with Gasteiger partial charge in [0.15, 0.2) is 0 Å². The molecular formula is C27H35N3. The Morgan fingerprint density at radius 2 is 1.43 bits per heavy atom.